The minimum Gasteiger partial charge on any atom is -0.330 e. The van der Waals surface area contributed by atoms with E-state index < -0.39 is 14.8 Å². The SMILES string of the molecule is CC(C)(C)S(=O)(=O)N1CC(CCN)c2ccccc21. The number of benzene rings is 1. The van der Waals surface area contributed by atoms with Crippen LogP contribution in [0.4, 0.5) is 5.69 Å². The fourth-order valence-electron chi connectivity index (χ4n) is 2.46. The Labute approximate surface area is 115 Å². The van der Waals surface area contributed by atoms with Crippen LogP contribution in [0.2, 0.25) is 0 Å². The van der Waals surface area contributed by atoms with Crippen LogP contribution < -0.4 is 10.0 Å². The van der Waals surface area contributed by atoms with E-state index in [-0.39, 0.29) is 5.92 Å². The van der Waals surface area contributed by atoms with E-state index in [2.05, 4.69) is 0 Å². The number of nitrogens with two attached hydrogens (primary N) is 1. The van der Waals surface area contributed by atoms with Crippen molar-refractivity contribution in [2.75, 3.05) is 17.4 Å². The third-order valence-electron chi connectivity index (χ3n) is 3.61. The zero-order valence-electron chi connectivity index (χ0n) is 11.8. The van der Waals surface area contributed by atoms with Crippen LogP contribution >= 0.6 is 0 Å². The molecular weight excluding hydrogens is 260 g/mol. The maximum absolute atomic E-state index is 12.7. The zero-order chi connectivity index (χ0) is 14.3. The van der Waals surface area contributed by atoms with Gasteiger partial charge in [-0.1, -0.05) is 18.2 Å². The minimum absolute atomic E-state index is 0.207. The third-order valence-corrected chi connectivity index (χ3v) is 6.08. The molecule has 0 fully saturated rings. The Bertz CT molecular complexity index is 561. The number of rotatable bonds is 3. The summed E-state index contributed by atoms with van der Waals surface area (Å²) in [6, 6.07) is 7.73. The number of nitrogens with zero attached hydrogens (tertiary/aromatic N) is 1. The van der Waals surface area contributed by atoms with E-state index in [9.17, 15) is 8.42 Å². The quantitative estimate of drug-likeness (QED) is 0.923. The summed E-state index contributed by atoms with van der Waals surface area (Å²) in [7, 11) is -3.35. The van der Waals surface area contributed by atoms with Crippen LogP contribution in [0.25, 0.3) is 0 Å². The van der Waals surface area contributed by atoms with Gasteiger partial charge in [-0.25, -0.2) is 8.42 Å². The summed E-state index contributed by atoms with van der Waals surface area (Å²) in [4.78, 5) is 0. The van der Waals surface area contributed by atoms with Crippen molar-refractivity contribution >= 4 is 15.7 Å². The summed E-state index contributed by atoms with van der Waals surface area (Å²) in [5, 5.41) is 0. The lowest BCUT2D eigenvalue weighted by Gasteiger charge is -2.28. The second-order valence-electron chi connectivity index (χ2n) is 5.98. The molecule has 0 radical (unpaired) electrons. The molecule has 1 aliphatic rings. The van der Waals surface area contributed by atoms with Gasteiger partial charge in [0.15, 0.2) is 0 Å². The second kappa shape index (κ2) is 4.80. The standard InChI is InChI=1S/C14H22N2O2S/c1-14(2,3)19(17,18)16-10-11(8-9-15)12-6-4-5-7-13(12)16/h4-7,11H,8-10,15H2,1-3H3. The Morgan fingerprint density at radius 1 is 1.32 bits per heavy atom. The normalized spacial score (nSPS) is 19.6. The number of hydrogen-bond donors (Lipinski definition) is 1. The highest BCUT2D eigenvalue weighted by atomic mass is 32.2. The van der Waals surface area contributed by atoms with E-state index in [1.807, 2.05) is 24.3 Å². The molecule has 1 aliphatic heterocycles. The zero-order valence-corrected chi connectivity index (χ0v) is 12.6. The molecule has 2 N–H and O–H groups in total. The molecule has 4 nitrogen and oxygen atoms in total. The smallest absolute Gasteiger partial charge is 0.240 e. The topological polar surface area (TPSA) is 63.4 Å². The van der Waals surface area contributed by atoms with Crippen LogP contribution in [0, 0.1) is 0 Å². The van der Waals surface area contributed by atoms with Gasteiger partial charge in [0.2, 0.25) is 10.0 Å². The Kier molecular flexibility index (Phi) is 3.62. The molecule has 0 saturated heterocycles. The number of fused-ring (bicyclic) bond motifs is 1. The summed E-state index contributed by atoms with van der Waals surface area (Å²) in [6.45, 7) is 6.29. The molecular formula is C14H22N2O2S. The lowest BCUT2D eigenvalue weighted by Crippen LogP contribution is -2.42. The highest BCUT2D eigenvalue weighted by Gasteiger charge is 2.41. The van der Waals surface area contributed by atoms with Crippen molar-refractivity contribution in [1.29, 1.82) is 0 Å². The monoisotopic (exact) mass is 282 g/mol. The van der Waals surface area contributed by atoms with E-state index in [0.717, 1.165) is 17.7 Å². The van der Waals surface area contributed by atoms with Gasteiger partial charge < -0.3 is 5.73 Å². The molecule has 0 aromatic heterocycles. The molecule has 1 unspecified atom stereocenters. The number of sulfonamides is 1. The number of anilines is 1. The van der Waals surface area contributed by atoms with Crippen molar-refractivity contribution in [3.8, 4) is 0 Å². The Morgan fingerprint density at radius 3 is 2.53 bits per heavy atom. The van der Waals surface area contributed by atoms with Gasteiger partial charge >= 0.3 is 0 Å². The van der Waals surface area contributed by atoms with Crippen molar-refractivity contribution in [3.63, 3.8) is 0 Å². The van der Waals surface area contributed by atoms with Gasteiger partial charge in [-0.3, -0.25) is 4.31 Å². The highest BCUT2D eigenvalue weighted by molar-refractivity contribution is 7.94. The first-order chi connectivity index (χ1) is 8.79. The first kappa shape index (κ1) is 14.3. The predicted octanol–water partition coefficient (Wildman–Crippen LogP) is 2.07. The number of hydrogen-bond acceptors (Lipinski definition) is 3. The average Bonchev–Trinajstić information content (AvgIpc) is 2.68. The summed E-state index contributed by atoms with van der Waals surface area (Å²) in [5.74, 6) is 0.207. The van der Waals surface area contributed by atoms with Gasteiger partial charge in [-0.2, -0.15) is 0 Å². The van der Waals surface area contributed by atoms with E-state index in [1.165, 1.54) is 0 Å². The minimum atomic E-state index is -3.35. The summed E-state index contributed by atoms with van der Waals surface area (Å²) in [6.07, 6.45) is 0.813. The lowest BCUT2D eigenvalue weighted by molar-refractivity contribution is 0.552. The molecule has 1 aromatic rings. The van der Waals surface area contributed by atoms with Crippen LogP contribution in [0.1, 0.15) is 38.7 Å². The summed E-state index contributed by atoms with van der Waals surface area (Å²) in [5.41, 5.74) is 7.55. The lowest BCUT2D eigenvalue weighted by atomic mass is 9.98. The van der Waals surface area contributed by atoms with Crippen molar-refractivity contribution in [2.45, 2.75) is 37.9 Å². The Morgan fingerprint density at radius 2 is 1.95 bits per heavy atom. The van der Waals surface area contributed by atoms with E-state index in [1.54, 1.807) is 25.1 Å². The van der Waals surface area contributed by atoms with Crippen molar-refractivity contribution in [2.24, 2.45) is 5.73 Å². The third kappa shape index (κ3) is 2.37. The molecule has 106 valence electrons. The fraction of sp³-hybridized carbons (Fsp3) is 0.571. The Hall–Kier alpha value is -1.07. The van der Waals surface area contributed by atoms with Gasteiger partial charge in [0.1, 0.15) is 0 Å². The van der Waals surface area contributed by atoms with Crippen LogP contribution in [0.5, 0.6) is 0 Å². The molecule has 0 spiro atoms. The Balaban J connectivity index is 2.47. The first-order valence-electron chi connectivity index (χ1n) is 6.60. The van der Waals surface area contributed by atoms with Gasteiger partial charge in [-0.05, 0) is 45.4 Å². The van der Waals surface area contributed by atoms with Crippen LogP contribution in [0.3, 0.4) is 0 Å². The van der Waals surface area contributed by atoms with Gasteiger partial charge in [-0.15, -0.1) is 0 Å². The molecule has 5 heteroatoms. The molecule has 0 bridgehead atoms. The van der Waals surface area contributed by atoms with Gasteiger partial charge in [0, 0.05) is 12.5 Å². The average molecular weight is 282 g/mol. The molecule has 0 amide bonds. The molecule has 1 atom stereocenters. The van der Waals surface area contributed by atoms with E-state index in [4.69, 9.17) is 5.73 Å². The van der Waals surface area contributed by atoms with E-state index in [0.29, 0.717) is 13.1 Å². The van der Waals surface area contributed by atoms with Crippen molar-refractivity contribution < 1.29 is 8.42 Å². The molecule has 0 aliphatic carbocycles. The van der Waals surface area contributed by atoms with Crippen molar-refractivity contribution in [1.82, 2.24) is 0 Å². The second-order valence-corrected chi connectivity index (χ2v) is 8.60. The van der Waals surface area contributed by atoms with Gasteiger partial charge in [0.05, 0.1) is 10.4 Å². The fourth-order valence-corrected chi connectivity index (χ4v) is 3.93. The molecule has 1 aromatic carbocycles. The highest BCUT2D eigenvalue weighted by Crippen LogP contribution is 2.41. The molecule has 1 heterocycles. The van der Waals surface area contributed by atoms with Gasteiger partial charge in [0.25, 0.3) is 0 Å². The number of para-hydroxylation sites is 1. The maximum Gasteiger partial charge on any atom is 0.240 e. The van der Waals surface area contributed by atoms with Crippen molar-refractivity contribution in [3.05, 3.63) is 29.8 Å². The molecule has 0 saturated carbocycles. The van der Waals surface area contributed by atoms with E-state index >= 15 is 0 Å². The van der Waals surface area contributed by atoms with Crippen LogP contribution in [-0.2, 0) is 10.0 Å². The first-order valence-corrected chi connectivity index (χ1v) is 8.04. The predicted molar refractivity (Wildman–Crippen MR) is 78.9 cm³/mol. The summed E-state index contributed by atoms with van der Waals surface area (Å²) < 4.78 is 26.1. The molecule has 2 rings (SSSR count). The van der Waals surface area contributed by atoms with Crippen LogP contribution in [0.15, 0.2) is 24.3 Å². The summed E-state index contributed by atoms with van der Waals surface area (Å²) >= 11 is 0. The molecule has 19 heavy (non-hydrogen) atoms. The maximum atomic E-state index is 12.7. The largest absolute Gasteiger partial charge is 0.330 e. The van der Waals surface area contributed by atoms with Crippen LogP contribution in [-0.4, -0.2) is 26.3 Å².